The van der Waals surface area contributed by atoms with E-state index in [1.165, 1.54) is 31.3 Å². The van der Waals surface area contributed by atoms with E-state index < -0.39 is 23.8 Å². The van der Waals surface area contributed by atoms with E-state index in [9.17, 15) is 18.0 Å². The van der Waals surface area contributed by atoms with Gasteiger partial charge in [-0.1, -0.05) is 0 Å². The van der Waals surface area contributed by atoms with Crippen molar-refractivity contribution in [2.24, 2.45) is 0 Å². The second-order valence-corrected chi connectivity index (χ2v) is 5.58. The lowest BCUT2D eigenvalue weighted by Crippen LogP contribution is -2.22. The maximum absolute atomic E-state index is 12.7. The highest BCUT2D eigenvalue weighted by Gasteiger charge is 2.30. The van der Waals surface area contributed by atoms with E-state index in [0.717, 1.165) is 12.1 Å². The van der Waals surface area contributed by atoms with Crippen LogP contribution in [-0.4, -0.2) is 27.1 Å². The summed E-state index contributed by atoms with van der Waals surface area (Å²) in [5, 5.41) is 8.81. The highest BCUT2D eigenvalue weighted by atomic mass is 19.4. The molecule has 27 heavy (non-hydrogen) atoms. The van der Waals surface area contributed by atoms with Crippen molar-refractivity contribution >= 4 is 17.0 Å². The van der Waals surface area contributed by atoms with E-state index in [0.29, 0.717) is 11.5 Å². The number of fused-ring (bicyclic) bond motifs is 1. The van der Waals surface area contributed by atoms with E-state index in [4.69, 9.17) is 14.6 Å². The fraction of sp³-hybridized carbons (Fsp3) is 0.167. The number of halogens is 3. The quantitative estimate of drug-likeness (QED) is 0.713. The Morgan fingerprint density at radius 3 is 2.37 bits per heavy atom. The molecular weight excluding hydrogens is 365 g/mol. The van der Waals surface area contributed by atoms with E-state index >= 15 is 0 Å². The Kier molecular flexibility index (Phi) is 4.85. The van der Waals surface area contributed by atoms with Gasteiger partial charge in [-0.25, -0.2) is 14.8 Å². The van der Waals surface area contributed by atoms with Gasteiger partial charge in [0.1, 0.15) is 11.5 Å². The summed E-state index contributed by atoms with van der Waals surface area (Å²) in [7, 11) is 0. The Morgan fingerprint density at radius 1 is 1.07 bits per heavy atom. The number of benzene rings is 2. The van der Waals surface area contributed by atoms with Crippen molar-refractivity contribution in [2.45, 2.75) is 19.2 Å². The van der Waals surface area contributed by atoms with Gasteiger partial charge in [-0.2, -0.15) is 13.2 Å². The first-order valence-corrected chi connectivity index (χ1v) is 7.74. The number of carbonyl (C=O) groups is 1. The number of hydrogen-bond donors (Lipinski definition) is 1. The van der Waals surface area contributed by atoms with Crippen LogP contribution in [0.3, 0.4) is 0 Å². The van der Waals surface area contributed by atoms with Crippen LogP contribution in [0.25, 0.3) is 11.0 Å². The smallest absolute Gasteiger partial charge is 0.416 e. The molecule has 0 bridgehead atoms. The normalized spacial score (nSPS) is 12.6. The minimum Gasteiger partial charge on any atom is -0.479 e. The summed E-state index contributed by atoms with van der Waals surface area (Å²) in [6.07, 6.45) is -4.23. The molecule has 1 heterocycles. The molecule has 1 unspecified atom stereocenters. The number of rotatable bonds is 5. The van der Waals surface area contributed by atoms with Gasteiger partial charge in [0, 0.05) is 0 Å². The minimum atomic E-state index is -4.45. The van der Waals surface area contributed by atoms with Crippen LogP contribution in [-0.2, 0) is 11.0 Å². The zero-order valence-electron chi connectivity index (χ0n) is 13.9. The van der Waals surface area contributed by atoms with E-state index in [2.05, 4.69) is 9.97 Å². The molecule has 0 aliphatic carbocycles. The zero-order chi connectivity index (χ0) is 19.6. The molecule has 0 aliphatic rings. The van der Waals surface area contributed by atoms with Crippen LogP contribution < -0.4 is 9.47 Å². The number of nitrogens with zero attached hydrogens (tertiary/aromatic N) is 2. The lowest BCUT2D eigenvalue weighted by molar-refractivity contribution is -0.144. The van der Waals surface area contributed by atoms with Crippen LogP contribution in [0.1, 0.15) is 12.5 Å². The lowest BCUT2D eigenvalue weighted by Gasteiger charge is -2.11. The van der Waals surface area contributed by atoms with Gasteiger partial charge in [-0.15, -0.1) is 0 Å². The maximum Gasteiger partial charge on any atom is 0.416 e. The standard InChI is InChI=1S/C18H13F3N2O4/c1-10(17(24)25)26-12-3-5-13(6-4-12)27-16-9-22-15-8-11(18(19,20)21)2-7-14(15)23-16/h2-10H,1H3,(H,24,25). The van der Waals surface area contributed by atoms with Crippen LogP contribution in [0.4, 0.5) is 13.2 Å². The van der Waals surface area contributed by atoms with Gasteiger partial charge in [0.25, 0.3) is 0 Å². The monoisotopic (exact) mass is 378 g/mol. The third-order valence-corrected chi connectivity index (χ3v) is 3.55. The van der Waals surface area contributed by atoms with Crippen LogP contribution in [0.2, 0.25) is 0 Å². The van der Waals surface area contributed by atoms with Crippen LogP contribution in [0, 0.1) is 0 Å². The Hall–Kier alpha value is -3.36. The summed E-state index contributed by atoms with van der Waals surface area (Å²) in [6, 6.07) is 9.21. The first-order chi connectivity index (χ1) is 12.7. The molecule has 3 aromatic rings. The molecule has 0 radical (unpaired) electrons. The fourth-order valence-electron chi connectivity index (χ4n) is 2.18. The summed E-state index contributed by atoms with van der Waals surface area (Å²) in [5.41, 5.74) is -0.441. The molecule has 3 rings (SSSR count). The molecule has 0 saturated heterocycles. The molecule has 0 spiro atoms. The van der Waals surface area contributed by atoms with Gasteiger partial charge in [-0.3, -0.25) is 0 Å². The first-order valence-electron chi connectivity index (χ1n) is 7.74. The van der Waals surface area contributed by atoms with Crippen molar-refractivity contribution in [3.63, 3.8) is 0 Å². The molecule has 0 fully saturated rings. The molecule has 1 N–H and O–H groups in total. The highest BCUT2D eigenvalue weighted by Crippen LogP contribution is 2.31. The van der Waals surface area contributed by atoms with Gasteiger partial charge in [-0.05, 0) is 49.4 Å². The number of aliphatic carboxylic acids is 1. The number of hydrogen-bond acceptors (Lipinski definition) is 5. The summed E-state index contributed by atoms with van der Waals surface area (Å²) in [5.74, 6) is -0.252. The Balaban J connectivity index is 1.75. The van der Waals surface area contributed by atoms with Gasteiger partial charge >= 0.3 is 12.1 Å². The molecule has 6 nitrogen and oxygen atoms in total. The maximum atomic E-state index is 12.7. The second kappa shape index (κ2) is 7.10. The van der Waals surface area contributed by atoms with Crippen molar-refractivity contribution in [1.29, 1.82) is 0 Å². The SMILES string of the molecule is CC(Oc1ccc(Oc2cnc3cc(C(F)(F)F)ccc3n2)cc1)C(=O)O. The number of ether oxygens (including phenoxy) is 2. The van der Waals surface area contributed by atoms with E-state index in [1.54, 1.807) is 12.1 Å². The molecular formula is C18H13F3N2O4. The average Bonchev–Trinajstić information content (AvgIpc) is 2.62. The van der Waals surface area contributed by atoms with Gasteiger partial charge in [0.05, 0.1) is 22.8 Å². The predicted octanol–water partition coefficient (Wildman–Crippen LogP) is 4.29. The highest BCUT2D eigenvalue weighted by molar-refractivity contribution is 5.75. The van der Waals surface area contributed by atoms with Crippen molar-refractivity contribution in [3.8, 4) is 17.4 Å². The number of alkyl halides is 3. The fourth-order valence-corrected chi connectivity index (χ4v) is 2.18. The molecule has 140 valence electrons. The Morgan fingerprint density at radius 2 is 1.74 bits per heavy atom. The third-order valence-electron chi connectivity index (χ3n) is 3.55. The van der Waals surface area contributed by atoms with Gasteiger partial charge in [0.15, 0.2) is 6.10 Å². The number of aromatic nitrogens is 2. The largest absolute Gasteiger partial charge is 0.479 e. The Labute approximate surface area is 151 Å². The molecule has 0 amide bonds. The molecule has 2 aromatic carbocycles. The molecule has 1 atom stereocenters. The molecule has 0 saturated carbocycles. The van der Waals surface area contributed by atoms with Crippen LogP contribution >= 0.6 is 0 Å². The Bertz CT molecular complexity index is 974. The molecule has 9 heteroatoms. The topological polar surface area (TPSA) is 81.5 Å². The minimum absolute atomic E-state index is 0.101. The predicted molar refractivity (Wildman–Crippen MR) is 88.8 cm³/mol. The number of carboxylic acids is 1. The summed E-state index contributed by atoms with van der Waals surface area (Å²) in [6.45, 7) is 1.40. The van der Waals surface area contributed by atoms with Crippen LogP contribution in [0.15, 0.2) is 48.7 Å². The third kappa shape index (κ3) is 4.43. The van der Waals surface area contributed by atoms with Crippen LogP contribution in [0.5, 0.6) is 17.4 Å². The zero-order valence-corrected chi connectivity index (χ0v) is 13.9. The molecule has 0 aliphatic heterocycles. The van der Waals surface area contributed by atoms with Crippen molar-refractivity contribution in [2.75, 3.05) is 0 Å². The summed E-state index contributed by atoms with van der Waals surface area (Å²) >= 11 is 0. The summed E-state index contributed by atoms with van der Waals surface area (Å²) < 4.78 is 48.9. The first kappa shape index (κ1) is 18.4. The second-order valence-electron chi connectivity index (χ2n) is 5.58. The average molecular weight is 378 g/mol. The van der Waals surface area contributed by atoms with Crippen molar-refractivity contribution < 1.29 is 32.5 Å². The van der Waals surface area contributed by atoms with Crippen molar-refractivity contribution in [3.05, 3.63) is 54.2 Å². The molecule has 1 aromatic heterocycles. The van der Waals surface area contributed by atoms with E-state index in [1.807, 2.05) is 0 Å². The van der Waals surface area contributed by atoms with E-state index in [-0.39, 0.29) is 16.9 Å². The summed E-state index contributed by atoms with van der Waals surface area (Å²) in [4.78, 5) is 18.8. The van der Waals surface area contributed by atoms with Gasteiger partial charge in [0.2, 0.25) is 5.88 Å². The van der Waals surface area contributed by atoms with Gasteiger partial charge < -0.3 is 14.6 Å². The number of carboxylic acid groups (broad SMARTS) is 1. The lowest BCUT2D eigenvalue weighted by atomic mass is 10.2. The van der Waals surface area contributed by atoms with Crippen molar-refractivity contribution in [1.82, 2.24) is 9.97 Å².